The molecule has 0 spiro atoms. The van der Waals surface area contributed by atoms with E-state index in [1.165, 1.54) is 4.31 Å². The molecule has 0 saturated carbocycles. The van der Waals surface area contributed by atoms with Crippen molar-refractivity contribution < 1.29 is 13.2 Å². The molecule has 1 aromatic heterocycles. The van der Waals surface area contributed by atoms with Gasteiger partial charge < -0.3 is 5.32 Å². The fourth-order valence-corrected chi connectivity index (χ4v) is 5.09. The molecule has 9 heteroatoms. The zero-order valence-corrected chi connectivity index (χ0v) is 18.3. The summed E-state index contributed by atoms with van der Waals surface area (Å²) in [7, 11) is -3.49. The van der Waals surface area contributed by atoms with Crippen LogP contribution in [-0.2, 0) is 14.8 Å². The van der Waals surface area contributed by atoms with Crippen LogP contribution in [-0.4, -0.2) is 67.0 Å². The maximum atomic E-state index is 12.8. The van der Waals surface area contributed by atoms with E-state index in [2.05, 4.69) is 17.2 Å². The highest BCUT2D eigenvalue weighted by Gasteiger charge is 2.28. The number of amides is 1. The highest BCUT2D eigenvalue weighted by Crippen LogP contribution is 2.19. The molecule has 0 unspecified atom stereocenters. The molecule has 1 saturated heterocycles. The first kappa shape index (κ1) is 21.8. The standard InChI is InChI=1S/C20H26N4O3S2/c1-3-28-20-9-6-17(14-21-20)22-19(25)15-23-10-12-24(13-11-23)29(26,27)18-7-4-16(2)5-8-18/h4-9,14H,3,10-13,15H2,1-2H3,(H,22,25). The molecule has 2 aromatic rings. The van der Waals surface area contributed by atoms with Gasteiger partial charge in [0, 0.05) is 26.2 Å². The maximum Gasteiger partial charge on any atom is 0.243 e. The highest BCUT2D eigenvalue weighted by atomic mass is 32.2. The van der Waals surface area contributed by atoms with Crippen LogP contribution in [0.25, 0.3) is 0 Å². The predicted octanol–water partition coefficient (Wildman–Crippen LogP) is 2.45. The van der Waals surface area contributed by atoms with Crippen LogP contribution in [0, 0.1) is 6.92 Å². The summed E-state index contributed by atoms with van der Waals surface area (Å²) < 4.78 is 27.0. The van der Waals surface area contributed by atoms with Crippen LogP contribution in [0.3, 0.4) is 0 Å². The third kappa shape index (κ3) is 5.79. The van der Waals surface area contributed by atoms with E-state index < -0.39 is 10.0 Å². The Hall–Kier alpha value is -1.94. The van der Waals surface area contributed by atoms with Crippen LogP contribution in [0.5, 0.6) is 0 Å². The normalized spacial score (nSPS) is 15.9. The van der Waals surface area contributed by atoms with Gasteiger partial charge >= 0.3 is 0 Å². The van der Waals surface area contributed by atoms with Gasteiger partial charge in [-0.1, -0.05) is 24.6 Å². The number of rotatable bonds is 7. The SMILES string of the molecule is CCSc1ccc(NC(=O)CN2CCN(S(=O)(=O)c3ccc(C)cc3)CC2)cn1. The Morgan fingerprint density at radius 3 is 2.38 bits per heavy atom. The summed E-state index contributed by atoms with van der Waals surface area (Å²) in [6.45, 7) is 5.99. The summed E-state index contributed by atoms with van der Waals surface area (Å²) >= 11 is 1.65. The molecule has 1 fully saturated rings. The van der Waals surface area contributed by atoms with Gasteiger partial charge in [-0.15, -0.1) is 11.8 Å². The van der Waals surface area contributed by atoms with Gasteiger partial charge in [0.25, 0.3) is 0 Å². The van der Waals surface area contributed by atoms with Crippen LogP contribution in [0.4, 0.5) is 5.69 Å². The first-order valence-electron chi connectivity index (χ1n) is 9.56. The lowest BCUT2D eigenvalue weighted by molar-refractivity contribution is -0.117. The minimum Gasteiger partial charge on any atom is -0.324 e. The van der Waals surface area contributed by atoms with Crippen molar-refractivity contribution in [3.05, 3.63) is 48.2 Å². The van der Waals surface area contributed by atoms with E-state index in [4.69, 9.17) is 0 Å². The zero-order chi connectivity index (χ0) is 20.9. The molecule has 0 atom stereocenters. The fraction of sp³-hybridized carbons (Fsp3) is 0.400. The number of hydrogen-bond acceptors (Lipinski definition) is 6. The lowest BCUT2D eigenvalue weighted by atomic mass is 10.2. The van der Waals surface area contributed by atoms with Crippen molar-refractivity contribution in [2.45, 2.75) is 23.8 Å². The third-order valence-corrected chi connectivity index (χ3v) is 7.41. The van der Waals surface area contributed by atoms with Gasteiger partial charge in [0.05, 0.1) is 28.4 Å². The van der Waals surface area contributed by atoms with Crippen molar-refractivity contribution in [3.8, 4) is 0 Å². The number of hydrogen-bond donors (Lipinski definition) is 1. The van der Waals surface area contributed by atoms with Crippen LogP contribution < -0.4 is 5.32 Å². The van der Waals surface area contributed by atoms with Crippen molar-refractivity contribution >= 4 is 33.4 Å². The molecule has 1 aliphatic rings. The molecule has 3 rings (SSSR count). The number of pyridine rings is 1. The first-order valence-corrected chi connectivity index (χ1v) is 12.0. The van der Waals surface area contributed by atoms with Crippen molar-refractivity contribution in [1.82, 2.24) is 14.2 Å². The second-order valence-corrected chi connectivity index (χ2v) is 10.1. The minimum atomic E-state index is -3.49. The van der Waals surface area contributed by atoms with Crippen LogP contribution in [0.2, 0.25) is 0 Å². The van der Waals surface area contributed by atoms with E-state index in [-0.39, 0.29) is 12.5 Å². The first-order chi connectivity index (χ1) is 13.9. The van der Waals surface area contributed by atoms with Gasteiger partial charge in [0.15, 0.2) is 0 Å². The second-order valence-electron chi connectivity index (χ2n) is 6.86. The average molecular weight is 435 g/mol. The van der Waals surface area contributed by atoms with Crippen molar-refractivity contribution in [1.29, 1.82) is 0 Å². The summed E-state index contributed by atoms with van der Waals surface area (Å²) in [6, 6.07) is 10.6. The monoisotopic (exact) mass is 434 g/mol. The number of anilines is 1. The van der Waals surface area contributed by atoms with Crippen LogP contribution in [0.1, 0.15) is 12.5 Å². The van der Waals surface area contributed by atoms with E-state index in [9.17, 15) is 13.2 Å². The molecule has 29 heavy (non-hydrogen) atoms. The molecule has 1 aliphatic heterocycles. The van der Waals surface area contributed by atoms with E-state index in [1.807, 2.05) is 24.0 Å². The van der Waals surface area contributed by atoms with E-state index >= 15 is 0 Å². The zero-order valence-electron chi connectivity index (χ0n) is 16.7. The Morgan fingerprint density at radius 1 is 1.10 bits per heavy atom. The largest absolute Gasteiger partial charge is 0.324 e. The van der Waals surface area contributed by atoms with E-state index in [0.717, 1.165) is 16.3 Å². The van der Waals surface area contributed by atoms with Crippen molar-refractivity contribution in [3.63, 3.8) is 0 Å². The fourth-order valence-electron chi connectivity index (χ4n) is 3.08. The number of benzene rings is 1. The summed E-state index contributed by atoms with van der Waals surface area (Å²) in [5.74, 6) is 0.821. The molecule has 0 bridgehead atoms. The van der Waals surface area contributed by atoms with Gasteiger partial charge in [-0.05, 0) is 36.9 Å². The Bertz CT molecular complexity index is 923. The van der Waals surface area contributed by atoms with Gasteiger partial charge in [-0.25, -0.2) is 13.4 Å². The number of piperazine rings is 1. The average Bonchev–Trinajstić information content (AvgIpc) is 2.70. The summed E-state index contributed by atoms with van der Waals surface area (Å²) in [6.07, 6.45) is 1.65. The number of sulfonamides is 1. The number of carbonyl (C=O) groups is 1. The molecule has 1 aromatic carbocycles. The molecule has 1 N–H and O–H groups in total. The maximum absolute atomic E-state index is 12.8. The van der Waals surface area contributed by atoms with Gasteiger partial charge in [-0.3, -0.25) is 9.69 Å². The predicted molar refractivity (Wildman–Crippen MR) is 116 cm³/mol. The summed E-state index contributed by atoms with van der Waals surface area (Å²) in [5.41, 5.74) is 1.68. The number of aromatic nitrogens is 1. The number of nitrogens with one attached hydrogen (secondary N) is 1. The molecule has 2 heterocycles. The number of aryl methyl sites for hydroxylation is 1. The summed E-state index contributed by atoms with van der Waals surface area (Å²) in [5, 5.41) is 3.77. The van der Waals surface area contributed by atoms with E-state index in [0.29, 0.717) is 36.8 Å². The number of carbonyl (C=O) groups excluding carboxylic acids is 1. The van der Waals surface area contributed by atoms with Crippen molar-refractivity contribution in [2.24, 2.45) is 0 Å². The van der Waals surface area contributed by atoms with Gasteiger partial charge in [0.2, 0.25) is 15.9 Å². The Balaban J connectivity index is 1.50. The molecular formula is C20H26N4O3S2. The molecule has 156 valence electrons. The lowest BCUT2D eigenvalue weighted by Gasteiger charge is -2.33. The number of thioether (sulfide) groups is 1. The molecular weight excluding hydrogens is 408 g/mol. The lowest BCUT2D eigenvalue weighted by Crippen LogP contribution is -2.50. The second kappa shape index (κ2) is 9.71. The van der Waals surface area contributed by atoms with Gasteiger partial charge in [0.1, 0.15) is 0 Å². The minimum absolute atomic E-state index is 0.127. The van der Waals surface area contributed by atoms with Crippen molar-refractivity contribution in [2.75, 3.05) is 43.8 Å². The topological polar surface area (TPSA) is 82.6 Å². The smallest absolute Gasteiger partial charge is 0.243 e. The molecule has 0 radical (unpaired) electrons. The quantitative estimate of drug-likeness (QED) is 0.674. The summed E-state index contributed by atoms with van der Waals surface area (Å²) in [4.78, 5) is 18.9. The molecule has 7 nitrogen and oxygen atoms in total. The third-order valence-electron chi connectivity index (χ3n) is 4.67. The molecule has 1 amide bonds. The Morgan fingerprint density at radius 2 is 1.79 bits per heavy atom. The Labute approximate surface area is 176 Å². The van der Waals surface area contributed by atoms with Gasteiger partial charge in [-0.2, -0.15) is 4.31 Å². The van der Waals surface area contributed by atoms with Crippen LogP contribution in [0.15, 0.2) is 52.5 Å². The van der Waals surface area contributed by atoms with Crippen LogP contribution >= 0.6 is 11.8 Å². The number of nitrogens with zero attached hydrogens (tertiary/aromatic N) is 3. The Kier molecular flexibility index (Phi) is 7.28. The molecule has 0 aliphatic carbocycles. The highest BCUT2D eigenvalue weighted by molar-refractivity contribution is 7.99. The van der Waals surface area contributed by atoms with E-state index in [1.54, 1.807) is 42.2 Å².